The zero-order valence-corrected chi connectivity index (χ0v) is 17.9. The summed E-state index contributed by atoms with van der Waals surface area (Å²) in [6.07, 6.45) is 3.49. The molecule has 0 spiro atoms. The second-order valence-electron chi connectivity index (χ2n) is 6.06. The van der Waals surface area contributed by atoms with Crippen LogP contribution in [0.3, 0.4) is 0 Å². The quantitative estimate of drug-likeness (QED) is 0.424. The largest absolute Gasteiger partial charge is 0.141 e. The highest BCUT2D eigenvalue weighted by Crippen LogP contribution is 2.27. The van der Waals surface area contributed by atoms with Crippen molar-refractivity contribution in [1.82, 2.24) is 0 Å². The zero-order valence-electron chi connectivity index (χ0n) is 16.7. The van der Waals surface area contributed by atoms with Crippen LogP contribution in [0.2, 0.25) is 0 Å². The van der Waals surface area contributed by atoms with E-state index in [0.717, 1.165) is 12.8 Å². The van der Waals surface area contributed by atoms with Gasteiger partial charge in [0, 0.05) is 0 Å². The van der Waals surface area contributed by atoms with Crippen molar-refractivity contribution in [3.05, 3.63) is 95.6 Å². The van der Waals surface area contributed by atoms with E-state index in [2.05, 4.69) is 103 Å². The second kappa shape index (κ2) is 13.3. The summed E-state index contributed by atoms with van der Waals surface area (Å²) < 4.78 is 0. The fourth-order valence-electron chi connectivity index (χ4n) is 2.86. The lowest BCUT2D eigenvalue weighted by Crippen LogP contribution is -1.90. The molecule has 1 atom stereocenters. The molecule has 0 aliphatic carbocycles. The summed E-state index contributed by atoms with van der Waals surface area (Å²) in [6.45, 7) is 8.49. The summed E-state index contributed by atoms with van der Waals surface area (Å²) in [5.41, 5.74) is 6.98. The van der Waals surface area contributed by atoms with Gasteiger partial charge in [0.05, 0.1) is 0 Å². The number of benzene rings is 3. The molecular formula is C25H33P. The predicted octanol–water partition coefficient (Wildman–Crippen LogP) is 7.35. The maximum atomic E-state index is 2.42. The van der Waals surface area contributed by atoms with Crippen LogP contribution in [-0.2, 0) is 12.8 Å². The molecular weight excluding hydrogens is 331 g/mol. The van der Waals surface area contributed by atoms with Crippen molar-refractivity contribution in [2.24, 2.45) is 0 Å². The van der Waals surface area contributed by atoms with Gasteiger partial charge in [0.15, 0.2) is 0 Å². The Morgan fingerprint density at radius 1 is 0.654 bits per heavy atom. The fourth-order valence-corrected chi connectivity index (χ4v) is 2.86. The SMILES string of the molecule is CCCc1ccccc1-c1ccccc1C.CCc1ccccc1.CP. The molecule has 1 heteroatoms. The first-order valence-corrected chi connectivity index (χ1v) is 10.7. The Balaban J connectivity index is 0.000000284. The summed E-state index contributed by atoms with van der Waals surface area (Å²) in [7, 11) is 2.42. The van der Waals surface area contributed by atoms with E-state index in [9.17, 15) is 0 Å². The van der Waals surface area contributed by atoms with E-state index in [1.807, 2.05) is 12.7 Å². The molecule has 138 valence electrons. The van der Waals surface area contributed by atoms with Crippen molar-refractivity contribution in [3.8, 4) is 11.1 Å². The van der Waals surface area contributed by atoms with Crippen molar-refractivity contribution in [2.75, 3.05) is 6.66 Å². The highest BCUT2D eigenvalue weighted by atomic mass is 31.0. The Morgan fingerprint density at radius 2 is 1.19 bits per heavy atom. The third-order valence-electron chi connectivity index (χ3n) is 4.22. The monoisotopic (exact) mass is 364 g/mol. The van der Waals surface area contributed by atoms with E-state index in [0.29, 0.717) is 0 Å². The smallest absolute Gasteiger partial charge is 0.0149 e. The van der Waals surface area contributed by atoms with Crippen LogP contribution < -0.4 is 0 Å². The molecule has 0 radical (unpaired) electrons. The Kier molecular flexibility index (Phi) is 11.3. The molecule has 3 aromatic carbocycles. The normalized spacial score (nSPS) is 9.42. The van der Waals surface area contributed by atoms with Crippen LogP contribution in [0.25, 0.3) is 11.1 Å². The average Bonchev–Trinajstić information content (AvgIpc) is 2.72. The molecule has 1 unspecified atom stereocenters. The maximum absolute atomic E-state index is 2.42. The molecule has 0 saturated heterocycles. The number of rotatable bonds is 4. The van der Waals surface area contributed by atoms with Gasteiger partial charge in [-0.1, -0.05) is 106 Å². The predicted molar refractivity (Wildman–Crippen MR) is 122 cm³/mol. The van der Waals surface area contributed by atoms with Crippen LogP contribution in [0.15, 0.2) is 78.9 Å². The van der Waals surface area contributed by atoms with Gasteiger partial charge in [-0.2, -0.15) is 0 Å². The van der Waals surface area contributed by atoms with Gasteiger partial charge in [-0.15, -0.1) is 9.24 Å². The van der Waals surface area contributed by atoms with Gasteiger partial charge >= 0.3 is 0 Å². The molecule has 0 fully saturated rings. The lowest BCUT2D eigenvalue weighted by atomic mass is 9.94. The Hall–Kier alpha value is -1.91. The minimum atomic E-state index is 1.14. The van der Waals surface area contributed by atoms with Crippen LogP contribution in [-0.4, -0.2) is 6.66 Å². The first-order chi connectivity index (χ1) is 12.8. The Morgan fingerprint density at radius 3 is 1.73 bits per heavy atom. The van der Waals surface area contributed by atoms with Gasteiger partial charge in [-0.3, -0.25) is 0 Å². The molecule has 0 bridgehead atoms. The van der Waals surface area contributed by atoms with Crippen LogP contribution in [0.1, 0.15) is 37.0 Å². The fraction of sp³-hybridized carbons (Fsp3) is 0.280. The van der Waals surface area contributed by atoms with E-state index in [1.165, 1.54) is 34.2 Å². The van der Waals surface area contributed by atoms with Gasteiger partial charge in [0.2, 0.25) is 0 Å². The van der Waals surface area contributed by atoms with E-state index >= 15 is 0 Å². The topological polar surface area (TPSA) is 0 Å². The molecule has 0 aliphatic rings. The zero-order chi connectivity index (χ0) is 19.2. The number of hydrogen-bond donors (Lipinski definition) is 0. The van der Waals surface area contributed by atoms with Crippen molar-refractivity contribution in [3.63, 3.8) is 0 Å². The molecule has 0 nitrogen and oxygen atoms in total. The third kappa shape index (κ3) is 7.14. The highest BCUT2D eigenvalue weighted by Gasteiger charge is 2.05. The summed E-state index contributed by atoms with van der Waals surface area (Å²) in [4.78, 5) is 0. The first kappa shape index (κ1) is 22.1. The van der Waals surface area contributed by atoms with Crippen molar-refractivity contribution >= 4 is 9.24 Å². The van der Waals surface area contributed by atoms with E-state index in [-0.39, 0.29) is 0 Å². The van der Waals surface area contributed by atoms with E-state index < -0.39 is 0 Å². The Bertz CT molecular complexity index is 732. The van der Waals surface area contributed by atoms with Gasteiger partial charge in [0.25, 0.3) is 0 Å². The first-order valence-electron chi connectivity index (χ1n) is 9.51. The highest BCUT2D eigenvalue weighted by molar-refractivity contribution is 7.15. The maximum Gasteiger partial charge on any atom is -0.0149 e. The van der Waals surface area contributed by atoms with Gasteiger partial charge in [0.1, 0.15) is 0 Å². The molecule has 0 heterocycles. The molecule has 0 saturated carbocycles. The summed E-state index contributed by atoms with van der Waals surface area (Å²) >= 11 is 0. The van der Waals surface area contributed by atoms with Crippen LogP contribution >= 0.6 is 9.24 Å². The lowest BCUT2D eigenvalue weighted by molar-refractivity contribution is 0.923. The molecule has 26 heavy (non-hydrogen) atoms. The van der Waals surface area contributed by atoms with Gasteiger partial charge in [-0.25, -0.2) is 0 Å². The Labute approximate surface area is 162 Å². The molecule has 0 aliphatic heterocycles. The lowest BCUT2D eigenvalue weighted by Gasteiger charge is -2.11. The minimum Gasteiger partial charge on any atom is -0.141 e. The van der Waals surface area contributed by atoms with Crippen LogP contribution in [0.5, 0.6) is 0 Å². The average molecular weight is 365 g/mol. The van der Waals surface area contributed by atoms with Gasteiger partial charge < -0.3 is 0 Å². The van der Waals surface area contributed by atoms with Crippen molar-refractivity contribution in [1.29, 1.82) is 0 Å². The van der Waals surface area contributed by atoms with E-state index in [1.54, 1.807) is 0 Å². The summed E-state index contributed by atoms with van der Waals surface area (Å²) in [6, 6.07) is 27.8. The standard InChI is InChI=1S/C16H18.C8H10.CH5P/c1-3-8-14-10-5-7-12-16(14)15-11-6-4-9-13(15)2;1-2-8-6-4-3-5-7-8;1-2/h4-7,9-12H,3,8H2,1-2H3;3-7H,2H2,1H3;2H2,1H3. The summed E-state index contributed by atoms with van der Waals surface area (Å²) in [5, 5.41) is 0. The number of aryl methyl sites for hydroxylation is 3. The van der Waals surface area contributed by atoms with Crippen LogP contribution in [0.4, 0.5) is 0 Å². The summed E-state index contributed by atoms with van der Waals surface area (Å²) in [5.74, 6) is 0. The molecule has 3 rings (SSSR count). The molecule has 3 aromatic rings. The minimum absolute atomic E-state index is 1.14. The molecule has 0 N–H and O–H groups in total. The second-order valence-corrected chi connectivity index (χ2v) is 6.06. The van der Waals surface area contributed by atoms with Crippen molar-refractivity contribution < 1.29 is 0 Å². The molecule has 0 aromatic heterocycles. The van der Waals surface area contributed by atoms with Crippen molar-refractivity contribution in [2.45, 2.75) is 40.0 Å². The van der Waals surface area contributed by atoms with Crippen LogP contribution in [0, 0.1) is 6.92 Å². The van der Waals surface area contributed by atoms with Gasteiger partial charge in [-0.05, 0) is 47.6 Å². The number of hydrogen-bond acceptors (Lipinski definition) is 0. The van der Waals surface area contributed by atoms with E-state index in [4.69, 9.17) is 0 Å². The molecule has 0 amide bonds. The third-order valence-corrected chi connectivity index (χ3v) is 4.22.